The Balaban J connectivity index is 1.72. The Morgan fingerprint density at radius 2 is 0.625 bits per heavy atom. The van der Waals surface area contributed by atoms with Gasteiger partial charge in [0.05, 0.1) is 0 Å². The Hall–Kier alpha value is -5.46. The third-order valence-corrected chi connectivity index (χ3v) is 12.0. The molecule has 8 aromatic carbocycles. The van der Waals surface area contributed by atoms with E-state index in [1.165, 1.54) is 99.1 Å². The summed E-state index contributed by atoms with van der Waals surface area (Å²) in [6.07, 6.45) is 0. The minimum Gasteiger partial charge on any atom is -0.0622 e. The largest absolute Gasteiger partial charge is 0.0622 e. The van der Waals surface area contributed by atoms with Gasteiger partial charge in [-0.3, -0.25) is 0 Å². The van der Waals surface area contributed by atoms with Gasteiger partial charge in [0, 0.05) is 0 Å². The zero-order valence-corrected chi connectivity index (χ0v) is 35.0. The molecule has 0 unspecified atom stereocenters. The van der Waals surface area contributed by atoms with E-state index >= 15 is 0 Å². The summed E-state index contributed by atoms with van der Waals surface area (Å²) in [7, 11) is 0. The van der Waals surface area contributed by atoms with Gasteiger partial charge >= 0.3 is 0 Å². The van der Waals surface area contributed by atoms with E-state index < -0.39 is 0 Å². The van der Waals surface area contributed by atoms with Crippen LogP contribution in [0.4, 0.5) is 0 Å². The van der Waals surface area contributed by atoms with Crippen LogP contribution in [-0.2, 0) is 10.8 Å². The summed E-state index contributed by atoms with van der Waals surface area (Å²) in [6, 6.07) is 55.9. The zero-order valence-electron chi connectivity index (χ0n) is 35.0. The molecule has 0 atom stereocenters. The fraction of sp³-hybridized carbons (Fsp3) is 0.250. The second-order valence-corrected chi connectivity index (χ2v) is 18.6. The number of benzene rings is 8. The van der Waals surface area contributed by atoms with E-state index in [1.54, 1.807) is 0 Å². The first-order chi connectivity index (χ1) is 26.7. The monoisotopic (exact) mass is 728 g/mol. The van der Waals surface area contributed by atoms with Crippen LogP contribution in [0.2, 0.25) is 0 Å². The van der Waals surface area contributed by atoms with Gasteiger partial charge in [0.2, 0.25) is 0 Å². The maximum Gasteiger partial charge on any atom is -0.000139 e. The molecule has 0 bridgehead atoms. The highest BCUT2D eigenvalue weighted by Gasteiger charge is 2.27. The molecule has 0 heteroatoms. The summed E-state index contributed by atoms with van der Waals surface area (Å²) in [4.78, 5) is 0. The van der Waals surface area contributed by atoms with E-state index in [0.29, 0.717) is 11.8 Å². The fourth-order valence-electron chi connectivity index (χ4n) is 8.66. The lowest BCUT2D eigenvalue weighted by Crippen LogP contribution is -2.10. The highest BCUT2D eigenvalue weighted by atomic mass is 14.3. The molecule has 8 aromatic rings. The van der Waals surface area contributed by atoms with Gasteiger partial charge in [0.15, 0.2) is 0 Å². The van der Waals surface area contributed by atoms with Crippen molar-refractivity contribution in [2.45, 2.75) is 91.9 Å². The summed E-state index contributed by atoms with van der Waals surface area (Å²) >= 11 is 0. The van der Waals surface area contributed by atoms with Gasteiger partial charge in [-0.25, -0.2) is 0 Å². The molecule has 0 radical (unpaired) electrons. The van der Waals surface area contributed by atoms with Gasteiger partial charge in [-0.1, -0.05) is 215 Å². The predicted octanol–water partition coefficient (Wildman–Crippen LogP) is 16.7. The van der Waals surface area contributed by atoms with Crippen molar-refractivity contribution < 1.29 is 0 Å². The van der Waals surface area contributed by atoms with Crippen LogP contribution >= 0.6 is 0 Å². The standard InChI is InChI=1S/C56H56/c1-35(2)41-25-31-45-47(33-41)51(37-17-13-11-14-18-37)53-50(40-23-29-44(30-24-40)56(8,9)10)46-32-26-42(36(3)4)34-48(46)52(38-19-15-12-16-20-38)54(53)49(45)39-21-27-43(28-22-39)55(5,6)7/h11-36H,1-10H3. The molecule has 0 saturated carbocycles. The molecule has 0 fully saturated rings. The molecular formula is C56H56. The van der Waals surface area contributed by atoms with Gasteiger partial charge in [0.1, 0.15) is 0 Å². The van der Waals surface area contributed by atoms with Crippen LogP contribution in [0.5, 0.6) is 0 Å². The van der Waals surface area contributed by atoms with Gasteiger partial charge in [-0.2, -0.15) is 0 Å². The summed E-state index contributed by atoms with van der Waals surface area (Å²) in [6.45, 7) is 23.1. The second kappa shape index (κ2) is 14.2. The smallest absolute Gasteiger partial charge is 0.000139 e. The molecule has 0 saturated heterocycles. The Morgan fingerprint density at radius 1 is 0.321 bits per heavy atom. The molecule has 0 aliphatic rings. The van der Waals surface area contributed by atoms with Gasteiger partial charge in [0.25, 0.3) is 0 Å². The first kappa shape index (κ1) is 37.5. The van der Waals surface area contributed by atoms with Crippen LogP contribution in [0, 0.1) is 0 Å². The Bertz CT molecular complexity index is 2500. The molecule has 0 aromatic heterocycles. The van der Waals surface area contributed by atoms with Crippen molar-refractivity contribution in [3.8, 4) is 44.5 Å². The van der Waals surface area contributed by atoms with Crippen LogP contribution in [0.25, 0.3) is 76.8 Å². The van der Waals surface area contributed by atoms with E-state index in [-0.39, 0.29) is 10.8 Å². The van der Waals surface area contributed by atoms with Crippen LogP contribution in [-0.4, -0.2) is 0 Å². The Labute approximate surface area is 335 Å². The van der Waals surface area contributed by atoms with Gasteiger partial charge < -0.3 is 0 Å². The SMILES string of the molecule is CC(C)c1ccc2c(-c3ccc(C(C)(C)C)cc3)c3c(-c4ccccc4)c4cc(C(C)C)ccc4c(-c4ccc(C(C)(C)C)cc4)c3c(-c3ccccc3)c2c1. The van der Waals surface area contributed by atoms with Gasteiger partial charge in [-0.05, 0) is 122 Å². The predicted molar refractivity (Wildman–Crippen MR) is 246 cm³/mol. The lowest BCUT2D eigenvalue weighted by atomic mass is 9.76. The average molecular weight is 729 g/mol. The van der Waals surface area contributed by atoms with Crippen molar-refractivity contribution in [1.82, 2.24) is 0 Å². The quantitative estimate of drug-likeness (QED) is 0.150. The summed E-state index contributed by atoms with van der Waals surface area (Å²) < 4.78 is 0. The molecule has 0 aliphatic carbocycles. The molecule has 0 amide bonds. The van der Waals surface area contributed by atoms with Crippen LogP contribution < -0.4 is 0 Å². The second-order valence-electron chi connectivity index (χ2n) is 18.6. The number of hydrogen-bond acceptors (Lipinski definition) is 0. The molecule has 0 N–H and O–H groups in total. The Morgan fingerprint density at radius 3 is 0.929 bits per heavy atom. The van der Waals surface area contributed by atoms with Crippen molar-refractivity contribution in [2.75, 3.05) is 0 Å². The van der Waals surface area contributed by atoms with Gasteiger partial charge in [-0.15, -0.1) is 0 Å². The molecule has 0 nitrogen and oxygen atoms in total. The molecule has 56 heavy (non-hydrogen) atoms. The minimum absolute atomic E-state index is 0.0526. The Kier molecular flexibility index (Phi) is 9.53. The maximum absolute atomic E-state index is 2.50. The van der Waals surface area contributed by atoms with Crippen molar-refractivity contribution in [3.05, 3.63) is 168 Å². The maximum atomic E-state index is 2.50. The van der Waals surface area contributed by atoms with E-state index in [1.807, 2.05) is 0 Å². The van der Waals surface area contributed by atoms with Crippen molar-refractivity contribution >= 4 is 32.3 Å². The fourth-order valence-corrected chi connectivity index (χ4v) is 8.66. The highest BCUT2D eigenvalue weighted by molar-refractivity contribution is 6.34. The molecule has 0 spiro atoms. The normalized spacial score (nSPS) is 12.4. The third-order valence-electron chi connectivity index (χ3n) is 12.0. The van der Waals surface area contributed by atoms with E-state index in [9.17, 15) is 0 Å². The topological polar surface area (TPSA) is 0 Å². The molecule has 0 heterocycles. The van der Waals surface area contributed by atoms with E-state index in [4.69, 9.17) is 0 Å². The molecule has 8 rings (SSSR count). The first-order valence-corrected chi connectivity index (χ1v) is 20.6. The summed E-state index contributed by atoms with van der Waals surface area (Å²) in [5.74, 6) is 0.784. The highest BCUT2D eigenvalue weighted by Crippen LogP contribution is 2.54. The number of rotatable bonds is 6. The van der Waals surface area contributed by atoms with E-state index in [2.05, 4.69) is 215 Å². The zero-order chi connectivity index (χ0) is 39.5. The third kappa shape index (κ3) is 6.64. The minimum atomic E-state index is 0.0526. The molecular weight excluding hydrogens is 673 g/mol. The summed E-state index contributed by atoms with van der Waals surface area (Å²) in [5, 5.41) is 7.80. The van der Waals surface area contributed by atoms with E-state index in [0.717, 1.165) is 0 Å². The van der Waals surface area contributed by atoms with Crippen LogP contribution in [0.3, 0.4) is 0 Å². The molecule has 280 valence electrons. The lowest BCUT2D eigenvalue weighted by molar-refractivity contribution is 0.590. The van der Waals surface area contributed by atoms with Crippen LogP contribution in [0.1, 0.15) is 103 Å². The van der Waals surface area contributed by atoms with Crippen molar-refractivity contribution in [1.29, 1.82) is 0 Å². The van der Waals surface area contributed by atoms with Crippen molar-refractivity contribution in [2.24, 2.45) is 0 Å². The number of hydrogen-bond donors (Lipinski definition) is 0. The lowest BCUT2D eigenvalue weighted by Gasteiger charge is -2.27. The van der Waals surface area contributed by atoms with Crippen LogP contribution in [0.15, 0.2) is 146 Å². The summed E-state index contributed by atoms with van der Waals surface area (Å²) in [5.41, 5.74) is 15.7. The van der Waals surface area contributed by atoms with Crippen molar-refractivity contribution in [3.63, 3.8) is 0 Å². The number of fused-ring (bicyclic) bond motifs is 3. The average Bonchev–Trinajstić information content (AvgIpc) is 3.18. The molecule has 0 aliphatic heterocycles. The first-order valence-electron chi connectivity index (χ1n) is 20.6.